The highest BCUT2D eigenvalue weighted by Crippen LogP contribution is 2.43. The largest absolute Gasteiger partial charge is 0.371 e. The number of aromatic nitrogens is 3. The lowest BCUT2D eigenvalue weighted by Crippen LogP contribution is -2.44. The molecule has 0 N–H and O–H groups in total. The predicted octanol–water partition coefficient (Wildman–Crippen LogP) is 5.56. The number of carbonyl (C=O) groups excluding carboxylic acids is 1. The Balaban J connectivity index is 1.36. The average Bonchev–Trinajstić information content (AvgIpc) is 3.64. The van der Waals surface area contributed by atoms with Gasteiger partial charge in [-0.05, 0) is 69.0 Å². The normalized spacial score (nSPS) is 16.8. The second kappa shape index (κ2) is 9.89. The molecule has 0 saturated carbocycles. The molecule has 40 heavy (non-hydrogen) atoms. The number of piperidine rings is 1. The first-order chi connectivity index (χ1) is 19.2. The lowest BCUT2D eigenvalue weighted by atomic mass is 9.77. The summed E-state index contributed by atoms with van der Waals surface area (Å²) in [7, 11) is 3.87. The van der Waals surface area contributed by atoms with Crippen molar-refractivity contribution in [1.82, 2.24) is 19.5 Å². The summed E-state index contributed by atoms with van der Waals surface area (Å²) in [5.74, 6) is -0.0303. The second-order valence-electron chi connectivity index (χ2n) is 10.9. The lowest BCUT2D eigenvalue weighted by molar-refractivity contribution is -0.135. The number of nitriles is 1. The molecule has 8 nitrogen and oxygen atoms in total. The summed E-state index contributed by atoms with van der Waals surface area (Å²) in [4.78, 5) is 24.4. The molecule has 2 saturated heterocycles. The van der Waals surface area contributed by atoms with E-state index in [0.717, 1.165) is 73.6 Å². The van der Waals surface area contributed by atoms with Crippen LogP contribution in [0.1, 0.15) is 42.5 Å². The molecule has 3 aromatic heterocycles. The third-order valence-corrected chi connectivity index (χ3v) is 9.58. The molecule has 2 aliphatic rings. The van der Waals surface area contributed by atoms with Crippen molar-refractivity contribution in [1.29, 1.82) is 5.26 Å². The molecular weight excluding hydrogens is 525 g/mol. The Hall–Kier alpha value is -3.97. The summed E-state index contributed by atoms with van der Waals surface area (Å²) >= 11 is 1.32. The van der Waals surface area contributed by atoms with Crippen LogP contribution in [0.2, 0.25) is 0 Å². The first kappa shape index (κ1) is 26.3. The van der Waals surface area contributed by atoms with Crippen LogP contribution < -0.4 is 9.80 Å². The van der Waals surface area contributed by atoms with Crippen LogP contribution in [0.15, 0.2) is 36.4 Å². The molecule has 6 rings (SSSR count). The minimum Gasteiger partial charge on any atom is -0.371 e. The Morgan fingerprint density at radius 3 is 2.48 bits per heavy atom. The first-order valence-corrected chi connectivity index (χ1v) is 14.5. The fourth-order valence-electron chi connectivity index (χ4n) is 6.19. The Labute approximate surface area is 237 Å². The summed E-state index contributed by atoms with van der Waals surface area (Å²) in [5, 5.41) is 15.4. The monoisotopic (exact) mass is 557 g/mol. The Morgan fingerprint density at radius 2 is 1.85 bits per heavy atom. The van der Waals surface area contributed by atoms with Gasteiger partial charge >= 0.3 is 0 Å². The van der Waals surface area contributed by atoms with E-state index in [1.165, 1.54) is 23.5 Å². The fraction of sp³-hybridized carbons (Fsp3) is 0.400. The van der Waals surface area contributed by atoms with Gasteiger partial charge in [-0.1, -0.05) is 18.3 Å². The third-order valence-electron chi connectivity index (χ3n) is 8.54. The molecule has 4 aromatic rings. The SMILES string of the molecule is CCc1nn2c(C)cc(N3CCC4(CCN(C)C4=O)CC3)cc2c1N(C)c1nc(-c2ccc(F)cc2)c(C#N)s1. The van der Waals surface area contributed by atoms with Crippen molar-refractivity contribution in [2.24, 2.45) is 5.41 Å². The van der Waals surface area contributed by atoms with Crippen LogP contribution >= 0.6 is 11.3 Å². The molecule has 0 atom stereocenters. The van der Waals surface area contributed by atoms with E-state index < -0.39 is 0 Å². The first-order valence-electron chi connectivity index (χ1n) is 13.7. The Bertz CT molecular complexity index is 1640. The lowest BCUT2D eigenvalue weighted by Gasteiger charge is -2.39. The van der Waals surface area contributed by atoms with Crippen molar-refractivity contribution >= 4 is 39.3 Å². The van der Waals surface area contributed by atoms with Gasteiger partial charge in [0.1, 0.15) is 22.5 Å². The second-order valence-corrected chi connectivity index (χ2v) is 11.9. The standard InChI is InChI=1S/C30H32FN7OS/c1-5-23-27(36(4)29-33-26(25(18-32)40-29)20-6-8-21(31)9-7-20)24-17-22(16-19(2)38(24)34-23)37-14-11-30(12-15-37)10-13-35(3)28(30)39/h6-9,16-17H,5,10-15H2,1-4H3. The number of rotatable bonds is 5. The fourth-order valence-corrected chi connectivity index (χ4v) is 7.04. The molecule has 2 aliphatic heterocycles. The van der Waals surface area contributed by atoms with Gasteiger partial charge < -0.3 is 14.7 Å². The van der Waals surface area contributed by atoms with Crippen LogP contribution in [0.5, 0.6) is 0 Å². The average molecular weight is 558 g/mol. The number of anilines is 3. The Kier molecular flexibility index (Phi) is 6.50. The molecule has 206 valence electrons. The molecular formula is C30H32FN7OS. The molecule has 0 aliphatic carbocycles. The van der Waals surface area contributed by atoms with Crippen LogP contribution in [-0.4, -0.2) is 59.1 Å². The highest BCUT2D eigenvalue weighted by molar-refractivity contribution is 7.16. The number of amides is 1. The predicted molar refractivity (Wildman–Crippen MR) is 156 cm³/mol. The van der Waals surface area contributed by atoms with E-state index in [4.69, 9.17) is 10.1 Å². The van der Waals surface area contributed by atoms with Crippen LogP contribution in [0, 0.1) is 29.5 Å². The number of thiazole rings is 1. The maximum atomic E-state index is 13.5. The maximum absolute atomic E-state index is 13.5. The number of hydrogen-bond acceptors (Lipinski definition) is 7. The van der Waals surface area contributed by atoms with Crippen molar-refractivity contribution in [3.63, 3.8) is 0 Å². The summed E-state index contributed by atoms with van der Waals surface area (Å²) in [6, 6.07) is 12.7. The van der Waals surface area contributed by atoms with Crippen molar-refractivity contribution in [3.8, 4) is 17.3 Å². The molecule has 10 heteroatoms. The van der Waals surface area contributed by atoms with E-state index in [1.807, 2.05) is 28.4 Å². The topological polar surface area (TPSA) is 80.8 Å². The zero-order valence-electron chi connectivity index (χ0n) is 23.2. The summed E-state index contributed by atoms with van der Waals surface area (Å²) in [5.41, 5.74) is 6.08. The number of aryl methyl sites for hydroxylation is 2. The van der Waals surface area contributed by atoms with Gasteiger partial charge in [0.15, 0.2) is 5.13 Å². The van der Waals surface area contributed by atoms with Crippen molar-refractivity contribution in [3.05, 3.63) is 58.5 Å². The summed E-state index contributed by atoms with van der Waals surface area (Å²) in [6.45, 7) is 6.68. The molecule has 1 amide bonds. The van der Waals surface area contributed by atoms with Gasteiger partial charge in [-0.3, -0.25) is 4.79 Å². The zero-order valence-corrected chi connectivity index (χ0v) is 24.1. The zero-order chi connectivity index (χ0) is 28.2. The van der Waals surface area contributed by atoms with E-state index >= 15 is 0 Å². The molecule has 5 heterocycles. The molecule has 0 radical (unpaired) electrons. The number of halogens is 1. The molecule has 0 unspecified atom stereocenters. The van der Waals surface area contributed by atoms with Gasteiger partial charge in [0, 0.05) is 50.7 Å². The molecule has 1 spiro atoms. The molecule has 2 fully saturated rings. The smallest absolute Gasteiger partial charge is 0.228 e. The third kappa shape index (κ3) is 4.20. The number of fused-ring (bicyclic) bond motifs is 1. The number of carbonyl (C=O) groups is 1. The minimum absolute atomic E-state index is 0.201. The number of benzene rings is 1. The van der Waals surface area contributed by atoms with Crippen LogP contribution in [0.3, 0.4) is 0 Å². The van der Waals surface area contributed by atoms with Crippen molar-refractivity contribution < 1.29 is 9.18 Å². The quantitative estimate of drug-likeness (QED) is 0.320. The number of nitrogens with zero attached hydrogens (tertiary/aromatic N) is 7. The van der Waals surface area contributed by atoms with E-state index in [-0.39, 0.29) is 11.2 Å². The Morgan fingerprint density at radius 1 is 1.15 bits per heavy atom. The van der Waals surface area contributed by atoms with Crippen LogP contribution in [0.25, 0.3) is 16.8 Å². The van der Waals surface area contributed by atoms with E-state index in [1.54, 1.807) is 12.1 Å². The van der Waals surface area contributed by atoms with Crippen molar-refractivity contribution in [2.75, 3.05) is 43.5 Å². The van der Waals surface area contributed by atoms with E-state index in [0.29, 0.717) is 27.2 Å². The number of likely N-dealkylation sites (tertiary alicyclic amines) is 1. The summed E-state index contributed by atoms with van der Waals surface area (Å²) < 4.78 is 15.5. The number of hydrogen-bond donors (Lipinski definition) is 0. The van der Waals surface area contributed by atoms with Gasteiger partial charge in [0.25, 0.3) is 0 Å². The summed E-state index contributed by atoms with van der Waals surface area (Å²) in [6.07, 6.45) is 3.42. The highest BCUT2D eigenvalue weighted by Gasteiger charge is 2.47. The van der Waals surface area contributed by atoms with Gasteiger partial charge in [-0.15, -0.1) is 0 Å². The van der Waals surface area contributed by atoms with Gasteiger partial charge in [0.05, 0.1) is 22.3 Å². The van der Waals surface area contributed by atoms with Gasteiger partial charge in [-0.25, -0.2) is 13.9 Å². The maximum Gasteiger partial charge on any atom is 0.228 e. The highest BCUT2D eigenvalue weighted by atomic mass is 32.1. The van der Waals surface area contributed by atoms with E-state index in [9.17, 15) is 14.4 Å². The number of pyridine rings is 1. The minimum atomic E-state index is -0.328. The molecule has 1 aromatic carbocycles. The van der Waals surface area contributed by atoms with Crippen LogP contribution in [-0.2, 0) is 11.2 Å². The van der Waals surface area contributed by atoms with Crippen LogP contribution in [0.4, 0.5) is 20.9 Å². The van der Waals surface area contributed by atoms with Gasteiger partial charge in [0.2, 0.25) is 5.91 Å². The van der Waals surface area contributed by atoms with Gasteiger partial charge in [-0.2, -0.15) is 10.4 Å². The van der Waals surface area contributed by atoms with Crippen molar-refractivity contribution in [2.45, 2.75) is 39.5 Å². The molecule has 0 bridgehead atoms. The van der Waals surface area contributed by atoms with E-state index in [2.05, 4.69) is 36.9 Å².